The van der Waals surface area contributed by atoms with E-state index in [0.717, 1.165) is 29.0 Å². The van der Waals surface area contributed by atoms with E-state index in [0.29, 0.717) is 25.5 Å². The first-order valence-corrected chi connectivity index (χ1v) is 9.76. The first kappa shape index (κ1) is 17.9. The molecule has 1 saturated heterocycles. The number of hydrogen-bond acceptors (Lipinski definition) is 4. The standard InChI is InChI=1S/C20H20FN3O2S/c21-15-5-3-14(4-6-15)20(7-9-26-10-8-20)13-22-19(25)17-12-16(23-24-17)18-2-1-11-27-18/h1-6,11-12H,7-10,13H2,(H,22,25)(H,23,24). The summed E-state index contributed by atoms with van der Waals surface area (Å²) in [4.78, 5) is 13.7. The van der Waals surface area contributed by atoms with Gasteiger partial charge in [0.2, 0.25) is 0 Å². The third-order valence-corrected chi connectivity index (χ3v) is 5.99. The number of nitrogens with zero attached hydrogens (tertiary/aromatic N) is 1. The number of thiophene rings is 1. The maximum Gasteiger partial charge on any atom is 0.271 e. The molecular formula is C20H20FN3O2S. The molecule has 2 aromatic heterocycles. The van der Waals surface area contributed by atoms with Crippen LogP contribution in [0.3, 0.4) is 0 Å². The van der Waals surface area contributed by atoms with Gasteiger partial charge in [-0.3, -0.25) is 9.89 Å². The first-order chi connectivity index (χ1) is 13.2. The topological polar surface area (TPSA) is 67.0 Å². The van der Waals surface area contributed by atoms with Crippen LogP contribution in [0.2, 0.25) is 0 Å². The van der Waals surface area contributed by atoms with Gasteiger partial charge in [-0.15, -0.1) is 11.3 Å². The number of aromatic nitrogens is 2. The second-order valence-corrected chi connectivity index (χ2v) is 7.67. The summed E-state index contributed by atoms with van der Waals surface area (Å²) in [6.07, 6.45) is 1.56. The lowest BCUT2D eigenvalue weighted by Gasteiger charge is -2.37. The molecule has 0 radical (unpaired) electrons. The zero-order chi connectivity index (χ0) is 18.7. The minimum atomic E-state index is -0.261. The monoisotopic (exact) mass is 385 g/mol. The fraction of sp³-hybridized carbons (Fsp3) is 0.300. The highest BCUT2D eigenvalue weighted by molar-refractivity contribution is 7.13. The zero-order valence-corrected chi connectivity index (χ0v) is 15.5. The van der Waals surface area contributed by atoms with Gasteiger partial charge in [0.1, 0.15) is 5.82 Å². The second-order valence-electron chi connectivity index (χ2n) is 6.73. The van der Waals surface area contributed by atoms with E-state index in [1.807, 2.05) is 17.5 Å². The molecule has 27 heavy (non-hydrogen) atoms. The Kier molecular flexibility index (Phi) is 5.05. The summed E-state index contributed by atoms with van der Waals surface area (Å²) in [6, 6.07) is 12.2. The number of amides is 1. The predicted octanol–water partition coefficient (Wildman–Crippen LogP) is 3.76. The Hall–Kier alpha value is -2.51. The number of benzene rings is 1. The summed E-state index contributed by atoms with van der Waals surface area (Å²) < 4.78 is 18.8. The van der Waals surface area contributed by atoms with Crippen LogP contribution in [0.1, 0.15) is 28.9 Å². The minimum absolute atomic E-state index is 0.220. The summed E-state index contributed by atoms with van der Waals surface area (Å²) in [5.74, 6) is -0.482. The van der Waals surface area contributed by atoms with Gasteiger partial charge >= 0.3 is 0 Å². The molecule has 3 heterocycles. The number of halogens is 1. The Morgan fingerprint density at radius 2 is 2.04 bits per heavy atom. The number of H-pyrrole nitrogens is 1. The van der Waals surface area contributed by atoms with Crippen LogP contribution in [-0.4, -0.2) is 35.9 Å². The summed E-state index contributed by atoms with van der Waals surface area (Å²) in [5, 5.41) is 12.0. The third-order valence-electron chi connectivity index (χ3n) is 5.09. The van der Waals surface area contributed by atoms with Gasteiger partial charge in [-0.1, -0.05) is 18.2 Å². The largest absolute Gasteiger partial charge is 0.381 e. The molecule has 1 aromatic carbocycles. The molecule has 1 aliphatic heterocycles. The average Bonchev–Trinajstić information content (AvgIpc) is 3.39. The van der Waals surface area contributed by atoms with E-state index in [2.05, 4.69) is 15.5 Å². The summed E-state index contributed by atoms with van der Waals surface area (Å²) in [5.41, 5.74) is 1.96. The van der Waals surface area contributed by atoms with Crippen molar-refractivity contribution in [3.63, 3.8) is 0 Å². The van der Waals surface area contributed by atoms with Crippen molar-refractivity contribution < 1.29 is 13.9 Å². The maximum absolute atomic E-state index is 13.3. The Morgan fingerprint density at radius 1 is 1.26 bits per heavy atom. The highest BCUT2D eigenvalue weighted by Crippen LogP contribution is 2.34. The molecular weight excluding hydrogens is 365 g/mol. The van der Waals surface area contributed by atoms with Crippen LogP contribution in [0.4, 0.5) is 4.39 Å². The summed E-state index contributed by atoms with van der Waals surface area (Å²) in [7, 11) is 0. The number of hydrogen-bond donors (Lipinski definition) is 2. The molecule has 2 N–H and O–H groups in total. The lowest BCUT2D eigenvalue weighted by atomic mass is 9.74. The molecule has 140 valence electrons. The molecule has 0 aliphatic carbocycles. The quantitative estimate of drug-likeness (QED) is 0.703. The van der Waals surface area contributed by atoms with Crippen LogP contribution in [0.25, 0.3) is 10.6 Å². The Morgan fingerprint density at radius 3 is 2.74 bits per heavy atom. The highest BCUT2D eigenvalue weighted by Gasteiger charge is 2.35. The van der Waals surface area contributed by atoms with E-state index in [9.17, 15) is 9.18 Å². The average molecular weight is 385 g/mol. The van der Waals surface area contributed by atoms with Crippen molar-refractivity contribution in [1.82, 2.24) is 15.5 Å². The molecule has 0 spiro atoms. The van der Waals surface area contributed by atoms with Gasteiger partial charge in [0.05, 0.1) is 10.6 Å². The number of rotatable bonds is 5. The summed E-state index contributed by atoms with van der Waals surface area (Å²) in [6.45, 7) is 1.71. The van der Waals surface area contributed by atoms with Gasteiger partial charge in [0.25, 0.3) is 5.91 Å². The van der Waals surface area contributed by atoms with Crippen molar-refractivity contribution in [2.45, 2.75) is 18.3 Å². The SMILES string of the molecule is O=C(NCC1(c2ccc(F)cc2)CCOCC1)c1cc(-c2cccs2)[nH]n1. The fourth-order valence-corrected chi connectivity index (χ4v) is 4.16. The van der Waals surface area contributed by atoms with Crippen LogP contribution < -0.4 is 5.32 Å². The molecule has 3 aromatic rings. The van der Waals surface area contributed by atoms with Crippen molar-refractivity contribution in [3.8, 4) is 10.6 Å². The normalized spacial score (nSPS) is 16.2. The first-order valence-electron chi connectivity index (χ1n) is 8.88. The molecule has 0 saturated carbocycles. The molecule has 1 aliphatic rings. The Bertz CT molecular complexity index is 900. The number of carbonyl (C=O) groups excluding carboxylic acids is 1. The van der Waals surface area contributed by atoms with Crippen LogP contribution in [0, 0.1) is 5.82 Å². The van der Waals surface area contributed by atoms with Crippen LogP contribution >= 0.6 is 11.3 Å². The summed E-state index contributed by atoms with van der Waals surface area (Å²) >= 11 is 1.59. The van der Waals surface area contributed by atoms with E-state index in [1.54, 1.807) is 29.5 Å². The number of carbonyl (C=O) groups is 1. The van der Waals surface area contributed by atoms with Crippen LogP contribution in [0.5, 0.6) is 0 Å². The van der Waals surface area contributed by atoms with Gasteiger partial charge in [-0.2, -0.15) is 5.10 Å². The number of ether oxygens (including phenoxy) is 1. The maximum atomic E-state index is 13.3. The smallest absolute Gasteiger partial charge is 0.271 e. The lowest BCUT2D eigenvalue weighted by Crippen LogP contribution is -2.44. The molecule has 7 heteroatoms. The van der Waals surface area contributed by atoms with Crippen molar-refractivity contribution in [2.75, 3.05) is 19.8 Å². The number of nitrogens with one attached hydrogen (secondary N) is 2. The Labute approximate surface area is 160 Å². The molecule has 5 nitrogen and oxygen atoms in total. The third kappa shape index (κ3) is 3.79. The fourth-order valence-electron chi connectivity index (χ4n) is 3.47. The molecule has 0 bridgehead atoms. The molecule has 1 fully saturated rings. The van der Waals surface area contributed by atoms with E-state index in [4.69, 9.17) is 4.74 Å². The van der Waals surface area contributed by atoms with Gasteiger partial charge in [0.15, 0.2) is 5.69 Å². The second kappa shape index (κ2) is 7.62. The van der Waals surface area contributed by atoms with Crippen LogP contribution in [0.15, 0.2) is 47.8 Å². The number of aromatic amines is 1. The van der Waals surface area contributed by atoms with E-state index >= 15 is 0 Å². The molecule has 4 rings (SSSR count). The molecule has 1 amide bonds. The minimum Gasteiger partial charge on any atom is -0.381 e. The van der Waals surface area contributed by atoms with E-state index in [1.165, 1.54) is 12.1 Å². The van der Waals surface area contributed by atoms with Crippen LogP contribution in [-0.2, 0) is 10.2 Å². The Balaban J connectivity index is 1.49. The van der Waals surface area contributed by atoms with Crippen molar-refractivity contribution in [2.24, 2.45) is 0 Å². The van der Waals surface area contributed by atoms with E-state index in [-0.39, 0.29) is 17.1 Å². The van der Waals surface area contributed by atoms with Gasteiger partial charge < -0.3 is 10.1 Å². The van der Waals surface area contributed by atoms with Gasteiger partial charge in [-0.25, -0.2) is 4.39 Å². The highest BCUT2D eigenvalue weighted by atomic mass is 32.1. The van der Waals surface area contributed by atoms with E-state index < -0.39 is 0 Å². The van der Waals surface area contributed by atoms with Crippen molar-refractivity contribution in [3.05, 3.63) is 64.9 Å². The van der Waals surface area contributed by atoms with Gasteiger partial charge in [0, 0.05) is 25.2 Å². The van der Waals surface area contributed by atoms with Crippen molar-refractivity contribution >= 4 is 17.2 Å². The molecule has 0 atom stereocenters. The molecule has 0 unspecified atom stereocenters. The van der Waals surface area contributed by atoms with Crippen molar-refractivity contribution in [1.29, 1.82) is 0 Å². The predicted molar refractivity (Wildman–Crippen MR) is 102 cm³/mol. The van der Waals surface area contributed by atoms with Gasteiger partial charge in [-0.05, 0) is 48.1 Å². The lowest BCUT2D eigenvalue weighted by molar-refractivity contribution is 0.0486. The zero-order valence-electron chi connectivity index (χ0n) is 14.7.